The Morgan fingerprint density at radius 3 is 2.50 bits per heavy atom. The maximum Gasteiger partial charge on any atom is 0.272 e. The second-order valence-corrected chi connectivity index (χ2v) is 10.6. The van der Waals surface area contributed by atoms with E-state index < -0.39 is 4.92 Å². The topological polar surface area (TPSA) is 103 Å². The van der Waals surface area contributed by atoms with Crippen molar-refractivity contribution >= 4 is 17.8 Å². The molecular weight excluding hydrogens is 482 g/mol. The number of carbonyl (C=O) groups is 1. The van der Waals surface area contributed by atoms with Crippen molar-refractivity contribution in [1.82, 2.24) is 5.43 Å². The van der Waals surface area contributed by atoms with E-state index in [4.69, 9.17) is 9.47 Å². The largest absolute Gasteiger partial charge is 0.496 e. The first-order valence-electron chi connectivity index (χ1n) is 12.5. The molecule has 4 rings (SSSR count). The van der Waals surface area contributed by atoms with Crippen molar-refractivity contribution in [2.75, 3.05) is 7.11 Å². The summed E-state index contributed by atoms with van der Waals surface area (Å²) in [5.74, 6) is 1.23. The molecule has 1 N–H and O–H groups in total. The van der Waals surface area contributed by atoms with Crippen LogP contribution in [0, 0.1) is 23.0 Å². The number of benzene rings is 3. The molecule has 1 saturated carbocycles. The highest BCUT2D eigenvalue weighted by atomic mass is 16.6. The number of rotatable bonds is 9. The summed E-state index contributed by atoms with van der Waals surface area (Å²) < 4.78 is 11.3. The SMILES string of the molecule is COc1ccc(C=NNC(=O)[C@@H]2C[C@@H]2c2ccc(C(C)(C)C)cc2)cc1COc1ccc([N+](=O)[O-])c(C)c1. The predicted molar refractivity (Wildman–Crippen MR) is 147 cm³/mol. The van der Waals surface area contributed by atoms with Gasteiger partial charge in [-0.25, -0.2) is 5.43 Å². The van der Waals surface area contributed by atoms with Gasteiger partial charge < -0.3 is 9.47 Å². The molecule has 8 nitrogen and oxygen atoms in total. The lowest BCUT2D eigenvalue weighted by atomic mass is 9.86. The predicted octanol–water partition coefficient (Wildman–Crippen LogP) is 6.04. The highest BCUT2D eigenvalue weighted by Gasteiger charge is 2.44. The number of ether oxygens (including phenoxy) is 2. The third kappa shape index (κ3) is 6.37. The number of hydrogen-bond donors (Lipinski definition) is 1. The second-order valence-electron chi connectivity index (χ2n) is 10.6. The minimum absolute atomic E-state index is 0.0474. The quantitative estimate of drug-likeness (QED) is 0.213. The van der Waals surface area contributed by atoms with Gasteiger partial charge in [0.15, 0.2) is 0 Å². The number of carbonyl (C=O) groups excluding carboxylic acids is 1. The van der Waals surface area contributed by atoms with Crippen molar-refractivity contribution < 1.29 is 19.2 Å². The molecule has 0 heterocycles. The van der Waals surface area contributed by atoms with Crippen molar-refractivity contribution in [2.24, 2.45) is 11.0 Å². The molecule has 0 radical (unpaired) electrons. The summed E-state index contributed by atoms with van der Waals surface area (Å²) in [7, 11) is 1.57. The molecule has 0 aliphatic heterocycles. The lowest BCUT2D eigenvalue weighted by Crippen LogP contribution is -2.20. The monoisotopic (exact) mass is 515 g/mol. The number of nitrogens with one attached hydrogen (secondary N) is 1. The van der Waals surface area contributed by atoms with Crippen molar-refractivity contribution in [2.45, 2.75) is 52.1 Å². The minimum atomic E-state index is -0.419. The van der Waals surface area contributed by atoms with Crippen molar-refractivity contribution in [3.05, 3.63) is 98.6 Å². The average molecular weight is 516 g/mol. The van der Waals surface area contributed by atoms with Crippen LogP contribution in [0.15, 0.2) is 65.8 Å². The molecule has 1 aliphatic rings. The van der Waals surface area contributed by atoms with E-state index in [1.807, 2.05) is 12.1 Å². The molecule has 1 fully saturated rings. The fourth-order valence-electron chi connectivity index (χ4n) is 4.41. The van der Waals surface area contributed by atoms with Gasteiger partial charge in [-0.1, -0.05) is 45.0 Å². The molecular formula is C30H33N3O5. The Bertz CT molecular complexity index is 1360. The molecule has 0 aromatic heterocycles. The van der Waals surface area contributed by atoms with Gasteiger partial charge in [-0.3, -0.25) is 14.9 Å². The number of nitrogens with zero attached hydrogens (tertiary/aromatic N) is 2. The van der Waals surface area contributed by atoms with Crippen LogP contribution >= 0.6 is 0 Å². The summed E-state index contributed by atoms with van der Waals surface area (Å²) in [6.07, 6.45) is 2.41. The van der Waals surface area contributed by atoms with E-state index in [-0.39, 0.29) is 35.5 Å². The lowest BCUT2D eigenvalue weighted by Gasteiger charge is -2.19. The molecule has 0 unspecified atom stereocenters. The zero-order valence-electron chi connectivity index (χ0n) is 22.4. The normalized spacial score (nSPS) is 16.8. The van der Waals surface area contributed by atoms with Gasteiger partial charge >= 0.3 is 0 Å². The van der Waals surface area contributed by atoms with Gasteiger partial charge in [0.1, 0.15) is 18.1 Å². The van der Waals surface area contributed by atoms with Crippen molar-refractivity contribution in [1.29, 1.82) is 0 Å². The maximum absolute atomic E-state index is 12.6. The van der Waals surface area contributed by atoms with E-state index in [0.717, 1.165) is 17.5 Å². The molecule has 0 bridgehead atoms. The number of amides is 1. The summed E-state index contributed by atoms with van der Waals surface area (Å²) in [6.45, 7) is 8.43. The highest BCUT2D eigenvalue weighted by Crippen LogP contribution is 2.47. The van der Waals surface area contributed by atoms with Gasteiger partial charge in [0, 0.05) is 23.1 Å². The Balaban J connectivity index is 1.34. The highest BCUT2D eigenvalue weighted by molar-refractivity contribution is 5.85. The second kappa shape index (κ2) is 11.0. The minimum Gasteiger partial charge on any atom is -0.496 e. The molecule has 198 valence electrons. The molecule has 0 spiro atoms. The molecule has 1 amide bonds. The smallest absolute Gasteiger partial charge is 0.272 e. The average Bonchev–Trinajstić information content (AvgIpc) is 3.68. The Hall–Kier alpha value is -4.20. The third-order valence-electron chi connectivity index (χ3n) is 6.78. The summed E-state index contributed by atoms with van der Waals surface area (Å²) in [5, 5.41) is 15.2. The van der Waals surface area contributed by atoms with Gasteiger partial charge in [0.05, 0.1) is 18.2 Å². The first-order chi connectivity index (χ1) is 18.1. The van der Waals surface area contributed by atoms with E-state index in [0.29, 0.717) is 17.1 Å². The molecule has 38 heavy (non-hydrogen) atoms. The van der Waals surface area contributed by atoms with Crippen LogP contribution in [0.1, 0.15) is 60.9 Å². The number of hydrogen-bond acceptors (Lipinski definition) is 6. The van der Waals surface area contributed by atoms with Gasteiger partial charge in [0.25, 0.3) is 5.69 Å². The maximum atomic E-state index is 12.6. The van der Waals surface area contributed by atoms with Gasteiger partial charge in [-0.05, 0) is 71.7 Å². The lowest BCUT2D eigenvalue weighted by molar-refractivity contribution is -0.385. The Kier molecular flexibility index (Phi) is 7.80. The van der Waals surface area contributed by atoms with Crippen LogP contribution in [-0.4, -0.2) is 24.2 Å². The fourth-order valence-corrected chi connectivity index (χ4v) is 4.41. The van der Waals surface area contributed by atoms with E-state index in [9.17, 15) is 14.9 Å². The van der Waals surface area contributed by atoms with E-state index in [2.05, 4.69) is 55.6 Å². The molecule has 2 atom stereocenters. The summed E-state index contributed by atoms with van der Waals surface area (Å²) in [4.78, 5) is 23.2. The molecule has 8 heteroatoms. The fraction of sp³-hybridized carbons (Fsp3) is 0.333. The third-order valence-corrected chi connectivity index (χ3v) is 6.78. The van der Waals surface area contributed by atoms with Crippen molar-refractivity contribution in [3.8, 4) is 11.5 Å². The number of nitro groups is 1. The first-order valence-corrected chi connectivity index (χ1v) is 12.5. The van der Waals surface area contributed by atoms with Crippen LogP contribution in [0.25, 0.3) is 0 Å². The standard InChI is InChI=1S/C30H33N3O5/c1-19-14-24(11-12-27(19)33(35)36)38-18-22-15-20(6-13-28(22)37-5)17-31-32-29(34)26-16-25(26)21-7-9-23(10-8-21)30(2,3)4/h6-15,17,25-26H,16,18H2,1-5H3,(H,32,34)/t25-,26-/m1/s1. The van der Waals surface area contributed by atoms with Crippen LogP contribution in [0.4, 0.5) is 5.69 Å². The van der Waals surface area contributed by atoms with Crippen LogP contribution in [-0.2, 0) is 16.8 Å². The van der Waals surface area contributed by atoms with Crippen LogP contribution < -0.4 is 14.9 Å². The van der Waals surface area contributed by atoms with E-state index >= 15 is 0 Å². The van der Waals surface area contributed by atoms with Gasteiger partial charge in [-0.15, -0.1) is 0 Å². The Morgan fingerprint density at radius 1 is 1.13 bits per heavy atom. The zero-order chi connectivity index (χ0) is 27.4. The number of hydrazone groups is 1. The Labute approximate surface area is 222 Å². The van der Waals surface area contributed by atoms with Gasteiger partial charge in [0.2, 0.25) is 5.91 Å². The van der Waals surface area contributed by atoms with E-state index in [1.54, 1.807) is 38.4 Å². The number of aryl methyl sites for hydroxylation is 1. The van der Waals surface area contributed by atoms with Gasteiger partial charge in [-0.2, -0.15) is 5.10 Å². The summed E-state index contributed by atoms with van der Waals surface area (Å²) in [6, 6.07) is 18.7. The van der Waals surface area contributed by atoms with E-state index in [1.165, 1.54) is 17.2 Å². The van der Waals surface area contributed by atoms with Crippen LogP contribution in [0.2, 0.25) is 0 Å². The summed E-state index contributed by atoms with van der Waals surface area (Å²) in [5.41, 5.74) is 7.35. The van der Waals surface area contributed by atoms with Crippen LogP contribution in [0.3, 0.4) is 0 Å². The number of methoxy groups -OCH3 is 1. The molecule has 3 aromatic rings. The summed E-state index contributed by atoms with van der Waals surface area (Å²) >= 11 is 0. The molecule has 1 aliphatic carbocycles. The van der Waals surface area contributed by atoms with Crippen molar-refractivity contribution in [3.63, 3.8) is 0 Å². The van der Waals surface area contributed by atoms with Crippen LogP contribution in [0.5, 0.6) is 11.5 Å². The first kappa shape index (κ1) is 26.9. The molecule has 0 saturated heterocycles. The Morgan fingerprint density at radius 2 is 1.87 bits per heavy atom. The number of nitro benzene ring substituents is 1. The zero-order valence-corrected chi connectivity index (χ0v) is 22.4. The molecule has 3 aromatic carbocycles.